The van der Waals surface area contributed by atoms with Crippen LogP contribution in [-0.4, -0.2) is 7.05 Å². The van der Waals surface area contributed by atoms with Crippen molar-refractivity contribution < 1.29 is 4.42 Å². The minimum absolute atomic E-state index is 0.168. The summed E-state index contributed by atoms with van der Waals surface area (Å²) in [6.45, 7) is 0. The van der Waals surface area contributed by atoms with E-state index in [0.717, 1.165) is 29.2 Å². The van der Waals surface area contributed by atoms with Crippen molar-refractivity contribution in [2.75, 3.05) is 7.05 Å². The van der Waals surface area contributed by atoms with Crippen molar-refractivity contribution in [1.82, 2.24) is 5.32 Å². The van der Waals surface area contributed by atoms with E-state index in [-0.39, 0.29) is 6.04 Å². The number of benzene rings is 1. The van der Waals surface area contributed by atoms with Gasteiger partial charge in [0.25, 0.3) is 0 Å². The number of rotatable bonds is 5. The molecule has 0 bridgehead atoms. The molecule has 0 aliphatic carbocycles. The van der Waals surface area contributed by atoms with Gasteiger partial charge >= 0.3 is 0 Å². The van der Waals surface area contributed by atoms with E-state index in [0.29, 0.717) is 5.02 Å². The first-order valence-corrected chi connectivity index (χ1v) is 6.61. The molecule has 0 spiro atoms. The Kier molecular flexibility index (Phi) is 4.70. The highest BCUT2D eigenvalue weighted by Gasteiger charge is 2.14. The van der Waals surface area contributed by atoms with Crippen molar-refractivity contribution >= 4 is 23.2 Å². The van der Waals surface area contributed by atoms with Crippen LogP contribution in [0.5, 0.6) is 0 Å². The van der Waals surface area contributed by atoms with Gasteiger partial charge in [0.2, 0.25) is 0 Å². The second kappa shape index (κ2) is 6.28. The lowest BCUT2D eigenvalue weighted by Crippen LogP contribution is -2.17. The number of hydrogen-bond acceptors (Lipinski definition) is 2. The first kappa shape index (κ1) is 13.5. The number of nitrogens with one attached hydrogen (secondary N) is 1. The number of hydrogen-bond donors (Lipinski definition) is 1. The second-order valence-corrected chi connectivity index (χ2v) is 4.97. The van der Waals surface area contributed by atoms with Crippen LogP contribution < -0.4 is 5.32 Å². The molecule has 1 heterocycles. The van der Waals surface area contributed by atoms with Gasteiger partial charge in [0.1, 0.15) is 5.76 Å². The summed E-state index contributed by atoms with van der Waals surface area (Å²) in [4.78, 5) is 0. The van der Waals surface area contributed by atoms with Crippen LogP contribution in [-0.2, 0) is 6.42 Å². The van der Waals surface area contributed by atoms with E-state index in [2.05, 4.69) is 5.32 Å². The van der Waals surface area contributed by atoms with E-state index in [1.165, 1.54) is 0 Å². The minimum atomic E-state index is 0.168. The van der Waals surface area contributed by atoms with Crippen molar-refractivity contribution in [3.8, 4) is 0 Å². The SMILES string of the molecule is CNC(CCc1ccco1)c1cc(Cl)ccc1Cl. The predicted octanol–water partition coefficient (Wildman–Crippen LogP) is 4.48. The van der Waals surface area contributed by atoms with Gasteiger partial charge < -0.3 is 9.73 Å². The van der Waals surface area contributed by atoms with Crippen molar-refractivity contribution in [3.05, 3.63) is 58.0 Å². The lowest BCUT2D eigenvalue weighted by atomic mass is 10.0. The Morgan fingerprint density at radius 2 is 2.11 bits per heavy atom. The van der Waals surface area contributed by atoms with Crippen molar-refractivity contribution in [3.63, 3.8) is 0 Å². The monoisotopic (exact) mass is 283 g/mol. The van der Waals surface area contributed by atoms with Crippen LogP contribution >= 0.6 is 23.2 Å². The Labute approximate surface area is 117 Å². The molecule has 4 heteroatoms. The predicted molar refractivity (Wildman–Crippen MR) is 75.3 cm³/mol. The maximum atomic E-state index is 6.21. The van der Waals surface area contributed by atoms with Gasteiger partial charge in [-0.05, 0) is 49.4 Å². The maximum Gasteiger partial charge on any atom is 0.103 e. The third kappa shape index (κ3) is 3.29. The van der Waals surface area contributed by atoms with Crippen LogP contribution in [0.25, 0.3) is 0 Å². The van der Waals surface area contributed by atoms with E-state index in [1.54, 1.807) is 12.3 Å². The van der Waals surface area contributed by atoms with Gasteiger partial charge in [-0.1, -0.05) is 23.2 Å². The molecule has 0 fully saturated rings. The molecule has 1 N–H and O–H groups in total. The Morgan fingerprint density at radius 3 is 2.78 bits per heavy atom. The Hall–Kier alpha value is -0.960. The number of furan rings is 1. The number of halogens is 2. The summed E-state index contributed by atoms with van der Waals surface area (Å²) in [5.74, 6) is 0.980. The van der Waals surface area contributed by atoms with E-state index >= 15 is 0 Å². The highest BCUT2D eigenvalue weighted by Crippen LogP contribution is 2.28. The lowest BCUT2D eigenvalue weighted by Gasteiger charge is -2.17. The molecule has 2 aromatic rings. The zero-order chi connectivity index (χ0) is 13.0. The van der Waals surface area contributed by atoms with Crippen molar-refractivity contribution in [1.29, 1.82) is 0 Å². The Bertz CT molecular complexity index is 497. The van der Waals surface area contributed by atoms with Gasteiger partial charge in [-0.2, -0.15) is 0 Å². The fraction of sp³-hybridized carbons (Fsp3) is 0.286. The van der Waals surface area contributed by atoms with Crippen molar-refractivity contribution in [2.45, 2.75) is 18.9 Å². The average Bonchev–Trinajstić information content (AvgIpc) is 2.87. The van der Waals surface area contributed by atoms with Crippen LogP contribution in [0.15, 0.2) is 41.0 Å². The maximum absolute atomic E-state index is 6.21. The molecule has 1 atom stereocenters. The second-order valence-electron chi connectivity index (χ2n) is 4.13. The Balaban J connectivity index is 2.10. The van der Waals surface area contributed by atoms with Crippen LogP contribution in [0.2, 0.25) is 10.0 Å². The summed E-state index contributed by atoms with van der Waals surface area (Å²) in [6, 6.07) is 9.58. The molecule has 2 rings (SSSR count). The quantitative estimate of drug-likeness (QED) is 0.875. The molecule has 0 saturated heterocycles. The van der Waals surface area contributed by atoms with Crippen LogP contribution in [0.3, 0.4) is 0 Å². The normalized spacial score (nSPS) is 12.6. The smallest absolute Gasteiger partial charge is 0.103 e. The average molecular weight is 284 g/mol. The molecule has 1 aromatic heterocycles. The summed E-state index contributed by atoms with van der Waals surface area (Å²) < 4.78 is 5.33. The molecule has 2 nitrogen and oxygen atoms in total. The van der Waals surface area contributed by atoms with Crippen LogP contribution in [0.1, 0.15) is 23.8 Å². The third-order valence-electron chi connectivity index (χ3n) is 2.94. The molecular formula is C14H15Cl2NO. The summed E-state index contributed by atoms with van der Waals surface area (Å²) in [7, 11) is 1.92. The highest BCUT2D eigenvalue weighted by molar-refractivity contribution is 6.33. The molecule has 96 valence electrons. The summed E-state index contributed by atoms with van der Waals surface area (Å²) >= 11 is 12.2. The minimum Gasteiger partial charge on any atom is -0.469 e. The summed E-state index contributed by atoms with van der Waals surface area (Å²) in [5, 5.41) is 4.70. The first-order valence-electron chi connectivity index (χ1n) is 5.85. The fourth-order valence-electron chi connectivity index (χ4n) is 1.98. The van der Waals surface area contributed by atoms with Gasteiger partial charge in [-0.3, -0.25) is 0 Å². The number of aryl methyl sites for hydroxylation is 1. The van der Waals surface area contributed by atoms with Crippen LogP contribution in [0.4, 0.5) is 0 Å². The molecule has 18 heavy (non-hydrogen) atoms. The zero-order valence-corrected chi connectivity index (χ0v) is 11.6. The molecule has 0 saturated carbocycles. The van der Waals surface area contributed by atoms with E-state index in [1.807, 2.05) is 31.3 Å². The van der Waals surface area contributed by atoms with Gasteiger partial charge in [0, 0.05) is 22.5 Å². The molecule has 1 unspecified atom stereocenters. The van der Waals surface area contributed by atoms with E-state index < -0.39 is 0 Å². The standard InChI is InChI=1S/C14H15Cl2NO/c1-17-14(7-5-11-3-2-8-18-11)12-9-10(15)4-6-13(12)16/h2-4,6,8-9,14,17H,5,7H2,1H3. The molecule has 1 aromatic carbocycles. The highest BCUT2D eigenvalue weighted by atomic mass is 35.5. The van der Waals surface area contributed by atoms with Crippen molar-refractivity contribution in [2.24, 2.45) is 0 Å². The van der Waals surface area contributed by atoms with E-state index in [4.69, 9.17) is 27.6 Å². The largest absolute Gasteiger partial charge is 0.469 e. The summed E-state index contributed by atoms with van der Waals surface area (Å²) in [5.41, 5.74) is 1.03. The molecule has 0 aliphatic rings. The Morgan fingerprint density at radius 1 is 1.28 bits per heavy atom. The molecular weight excluding hydrogens is 269 g/mol. The lowest BCUT2D eigenvalue weighted by molar-refractivity contribution is 0.469. The van der Waals surface area contributed by atoms with E-state index in [9.17, 15) is 0 Å². The van der Waals surface area contributed by atoms with Gasteiger partial charge in [0.05, 0.1) is 6.26 Å². The van der Waals surface area contributed by atoms with Gasteiger partial charge in [-0.15, -0.1) is 0 Å². The summed E-state index contributed by atoms with van der Waals surface area (Å²) in [6.07, 6.45) is 3.46. The fourth-order valence-corrected chi connectivity index (χ4v) is 2.41. The molecule has 0 amide bonds. The molecule has 0 aliphatic heterocycles. The third-order valence-corrected chi connectivity index (χ3v) is 3.52. The van der Waals surface area contributed by atoms with Gasteiger partial charge in [-0.25, -0.2) is 0 Å². The van der Waals surface area contributed by atoms with Crippen LogP contribution in [0, 0.1) is 0 Å². The first-order chi connectivity index (χ1) is 8.70. The topological polar surface area (TPSA) is 25.2 Å². The molecule has 0 radical (unpaired) electrons. The van der Waals surface area contributed by atoms with Gasteiger partial charge in [0.15, 0.2) is 0 Å². The zero-order valence-electron chi connectivity index (χ0n) is 10.1.